The van der Waals surface area contributed by atoms with Gasteiger partial charge in [0, 0.05) is 4.47 Å². The second kappa shape index (κ2) is 4.97. The van der Waals surface area contributed by atoms with Crippen LogP contribution in [0.2, 0.25) is 0 Å². The number of rotatable bonds is 3. The molecule has 4 nitrogen and oxygen atoms in total. The molecular formula is C9H10BrNO3. The van der Waals surface area contributed by atoms with Crippen molar-refractivity contribution in [2.45, 2.75) is 6.10 Å². The predicted molar refractivity (Wildman–Crippen MR) is 55.1 cm³/mol. The van der Waals surface area contributed by atoms with Crippen LogP contribution >= 0.6 is 15.9 Å². The standard InChI is InChI=1S/C9H10BrNO3/c10-7-4-2-1-3-6(7)8(12)5-11-9(13)14/h1-4,8,11-12H,5H2,(H,13,14)/t8-/m0/s1. The third-order valence-electron chi connectivity index (χ3n) is 1.71. The molecule has 1 aromatic carbocycles. The Kier molecular flexibility index (Phi) is 3.91. The molecule has 76 valence electrons. The van der Waals surface area contributed by atoms with Crippen LogP contribution in [0.15, 0.2) is 28.7 Å². The number of aliphatic hydroxyl groups is 1. The van der Waals surface area contributed by atoms with Crippen molar-refractivity contribution in [1.29, 1.82) is 0 Å². The molecule has 14 heavy (non-hydrogen) atoms. The molecule has 1 rings (SSSR count). The summed E-state index contributed by atoms with van der Waals surface area (Å²) in [5.41, 5.74) is 0.668. The first-order valence-electron chi connectivity index (χ1n) is 4.00. The second-order valence-corrected chi connectivity index (χ2v) is 3.58. The molecule has 0 aliphatic heterocycles. The zero-order chi connectivity index (χ0) is 10.6. The summed E-state index contributed by atoms with van der Waals surface area (Å²) in [4.78, 5) is 10.2. The van der Waals surface area contributed by atoms with Gasteiger partial charge in [0.15, 0.2) is 0 Å². The number of hydrogen-bond acceptors (Lipinski definition) is 2. The monoisotopic (exact) mass is 259 g/mol. The molecule has 1 amide bonds. The molecule has 1 aromatic rings. The van der Waals surface area contributed by atoms with Crippen LogP contribution in [0.4, 0.5) is 4.79 Å². The zero-order valence-corrected chi connectivity index (χ0v) is 8.86. The van der Waals surface area contributed by atoms with Crippen molar-refractivity contribution in [2.24, 2.45) is 0 Å². The van der Waals surface area contributed by atoms with Crippen molar-refractivity contribution in [2.75, 3.05) is 6.54 Å². The van der Waals surface area contributed by atoms with Gasteiger partial charge < -0.3 is 15.5 Å². The van der Waals surface area contributed by atoms with Gasteiger partial charge in [-0.25, -0.2) is 4.79 Å². The average molecular weight is 260 g/mol. The highest BCUT2D eigenvalue weighted by molar-refractivity contribution is 9.10. The Bertz CT molecular complexity index is 330. The summed E-state index contributed by atoms with van der Waals surface area (Å²) in [7, 11) is 0. The highest BCUT2D eigenvalue weighted by Gasteiger charge is 2.10. The molecule has 0 spiro atoms. The number of nitrogens with one attached hydrogen (secondary N) is 1. The molecular weight excluding hydrogens is 250 g/mol. The quantitative estimate of drug-likeness (QED) is 0.775. The summed E-state index contributed by atoms with van der Waals surface area (Å²) >= 11 is 3.27. The fourth-order valence-electron chi connectivity index (χ4n) is 1.04. The minimum atomic E-state index is -1.14. The lowest BCUT2D eigenvalue weighted by Crippen LogP contribution is -2.26. The van der Waals surface area contributed by atoms with Gasteiger partial charge in [-0.1, -0.05) is 34.1 Å². The fourth-order valence-corrected chi connectivity index (χ4v) is 1.59. The smallest absolute Gasteiger partial charge is 0.404 e. The summed E-state index contributed by atoms with van der Waals surface area (Å²) in [5, 5.41) is 20.1. The van der Waals surface area contributed by atoms with Gasteiger partial charge in [0.25, 0.3) is 0 Å². The molecule has 0 heterocycles. The first-order valence-corrected chi connectivity index (χ1v) is 4.80. The Hall–Kier alpha value is -1.07. The number of halogens is 1. The lowest BCUT2D eigenvalue weighted by Gasteiger charge is -2.12. The Balaban J connectivity index is 2.65. The van der Waals surface area contributed by atoms with E-state index >= 15 is 0 Å². The van der Waals surface area contributed by atoms with E-state index in [1.165, 1.54) is 0 Å². The van der Waals surface area contributed by atoms with Crippen molar-refractivity contribution < 1.29 is 15.0 Å². The first kappa shape index (κ1) is 11.0. The molecule has 1 atom stereocenters. The highest BCUT2D eigenvalue weighted by atomic mass is 79.9. The number of amides is 1. The van der Waals surface area contributed by atoms with Gasteiger partial charge in [0.1, 0.15) is 0 Å². The van der Waals surface area contributed by atoms with E-state index < -0.39 is 12.2 Å². The highest BCUT2D eigenvalue weighted by Crippen LogP contribution is 2.22. The molecule has 0 aliphatic carbocycles. The van der Waals surface area contributed by atoms with Crippen LogP contribution in [0.5, 0.6) is 0 Å². The Labute approximate surface area is 89.7 Å². The lowest BCUT2D eigenvalue weighted by molar-refractivity contribution is 0.158. The minimum absolute atomic E-state index is 0.0159. The van der Waals surface area contributed by atoms with Crippen molar-refractivity contribution in [3.8, 4) is 0 Å². The Morgan fingerprint density at radius 2 is 2.14 bits per heavy atom. The summed E-state index contributed by atoms with van der Waals surface area (Å²) < 4.78 is 0.764. The van der Waals surface area contributed by atoms with Gasteiger partial charge in [0.2, 0.25) is 0 Å². The predicted octanol–water partition coefficient (Wildman–Crippen LogP) is 1.75. The van der Waals surface area contributed by atoms with Crippen molar-refractivity contribution >= 4 is 22.0 Å². The molecule has 0 fully saturated rings. The third-order valence-corrected chi connectivity index (χ3v) is 2.43. The molecule has 0 saturated carbocycles. The topological polar surface area (TPSA) is 69.6 Å². The van der Waals surface area contributed by atoms with E-state index in [9.17, 15) is 9.90 Å². The zero-order valence-electron chi connectivity index (χ0n) is 7.27. The Morgan fingerprint density at radius 3 is 2.71 bits per heavy atom. The minimum Gasteiger partial charge on any atom is -0.465 e. The van der Waals surface area contributed by atoms with Crippen LogP contribution in [-0.2, 0) is 0 Å². The van der Waals surface area contributed by atoms with Crippen LogP contribution in [-0.4, -0.2) is 22.9 Å². The molecule has 0 bridgehead atoms. The van der Waals surface area contributed by atoms with E-state index in [-0.39, 0.29) is 6.54 Å². The largest absolute Gasteiger partial charge is 0.465 e. The van der Waals surface area contributed by atoms with Crippen molar-refractivity contribution in [3.63, 3.8) is 0 Å². The number of carbonyl (C=O) groups is 1. The van der Waals surface area contributed by atoms with Gasteiger partial charge in [-0.2, -0.15) is 0 Å². The van der Waals surface area contributed by atoms with Crippen LogP contribution < -0.4 is 5.32 Å². The number of hydrogen-bond donors (Lipinski definition) is 3. The molecule has 0 unspecified atom stereocenters. The lowest BCUT2D eigenvalue weighted by atomic mass is 10.1. The number of aliphatic hydroxyl groups excluding tert-OH is 1. The maximum absolute atomic E-state index is 10.2. The van der Waals surface area contributed by atoms with Gasteiger partial charge in [0.05, 0.1) is 12.6 Å². The van der Waals surface area contributed by atoms with Crippen LogP contribution in [0.3, 0.4) is 0 Å². The Morgan fingerprint density at radius 1 is 1.50 bits per heavy atom. The van der Waals surface area contributed by atoms with Gasteiger partial charge in [-0.15, -0.1) is 0 Å². The van der Waals surface area contributed by atoms with Crippen LogP contribution in [0.1, 0.15) is 11.7 Å². The van der Waals surface area contributed by atoms with Gasteiger partial charge in [-0.3, -0.25) is 0 Å². The number of carboxylic acid groups (broad SMARTS) is 1. The first-order chi connectivity index (χ1) is 6.61. The van der Waals surface area contributed by atoms with E-state index in [2.05, 4.69) is 21.2 Å². The second-order valence-electron chi connectivity index (χ2n) is 2.72. The fraction of sp³-hybridized carbons (Fsp3) is 0.222. The number of benzene rings is 1. The molecule has 5 heteroatoms. The van der Waals surface area contributed by atoms with E-state index in [0.29, 0.717) is 5.56 Å². The van der Waals surface area contributed by atoms with Crippen molar-refractivity contribution in [1.82, 2.24) is 5.32 Å². The van der Waals surface area contributed by atoms with E-state index in [0.717, 1.165) is 4.47 Å². The van der Waals surface area contributed by atoms with Crippen molar-refractivity contribution in [3.05, 3.63) is 34.3 Å². The normalized spacial score (nSPS) is 12.1. The molecule has 0 aliphatic rings. The maximum atomic E-state index is 10.2. The molecule has 0 saturated heterocycles. The van der Waals surface area contributed by atoms with Crippen LogP contribution in [0.25, 0.3) is 0 Å². The summed E-state index contributed by atoms with van der Waals surface area (Å²) in [5.74, 6) is 0. The third kappa shape index (κ3) is 3.01. The average Bonchev–Trinajstić information content (AvgIpc) is 2.15. The SMILES string of the molecule is O=C(O)NC[C@H](O)c1ccccc1Br. The van der Waals surface area contributed by atoms with Crippen LogP contribution in [0, 0.1) is 0 Å². The summed E-state index contributed by atoms with van der Waals surface area (Å²) in [6.07, 6.45) is -1.97. The molecule has 0 radical (unpaired) electrons. The van der Waals surface area contributed by atoms with Gasteiger partial charge >= 0.3 is 6.09 Å². The van der Waals surface area contributed by atoms with E-state index in [1.807, 2.05) is 6.07 Å². The van der Waals surface area contributed by atoms with E-state index in [1.54, 1.807) is 18.2 Å². The molecule has 0 aromatic heterocycles. The summed E-state index contributed by atoms with van der Waals surface area (Å²) in [6, 6.07) is 7.13. The van der Waals surface area contributed by atoms with E-state index in [4.69, 9.17) is 5.11 Å². The van der Waals surface area contributed by atoms with Gasteiger partial charge in [-0.05, 0) is 11.6 Å². The maximum Gasteiger partial charge on any atom is 0.404 e. The summed E-state index contributed by atoms with van der Waals surface area (Å²) in [6.45, 7) is -0.0159. The molecule has 3 N–H and O–H groups in total.